The maximum atomic E-state index is 6.15. The standard InChI is InChI=1S/C7H17ClSi.Mg.2H/c1-7(2,3)6(8)9(4)5;;;/h6,9H,1-5H3;;;. The van der Waals surface area contributed by atoms with E-state index in [1.165, 1.54) is 0 Å². The monoisotopic (exact) mass is 190 g/mol. The Kier molecular flexibility index (Phi) is 6.94. The Balaban J connectivity index is 0. The summed E-state index contributed by atoms with van der Waals surface area (Å²) in [4.78, 5) is 0. The van der Waals surface area contributed by atoms with Crippen molar-refractivity contribution in [2.75, 3.05) is 0 Å². The number of hydrogen-bond acceptors (Lipinski definition) is 0. The second kappa shape index (κ2) is 5.01. The van der Waals surface area contributed by atoms with Crippen molar-refractivity contribution < 1.29 is 0 Å². The van der Waals surface area contributed by atoms with Crippen molar-refractivity contribution in [1.29, 1.82) is 0 Å². The molecule has 0 radical (unpaired) electrons. The van der Waals surface area contributed by atoms with Crippen LogP contribution < -0.4 is 0 Å². The molecule has 0 nitrogen and oxygen atoms in total. The van der Waals surface area contributed by atoms with E-state index in [2.05, 4.69) is 33.9 Å². The lowest BCUT2D eigenvalue weighted by Gasteiger charge is -2.27. The van der Waals surface area contributed by atoms with E-state index in [9.17, 15) is 0 Å². The third-order valence-electron chi connectivity index (χ3n) is 1.41. The predicted octanol–water partition coefficient (Wildman–Crippen LogP) is 1.75. The Labute approximate surface area is 87.5 Å². The Hall–Kier alpha value is 1.27. The van der Waals surface area contributed by atoms with Gasteiger partial charge in [-0.05, 0) is 5.41 Å². The van der Waals surface area contributed by atoms with Crippen LogP contribution in [0.5, 0.6) is 0 Å². The van der Waals surface area contributed by atoms with Crippen LogP contribution >= 0.6 is 11.6 Å². The molecule has 0 saturated carbocycles. The van der Waals surface area contributed by atoms with E-state index in [0.717, 1.165) is 0 Å². The quantitative estimate of drug-likeness (QED) is 0.437. The second-order valence-corrected chi connectivity index (χ2v) is 8.06. The molecule has 0 aromatic carbocycles. The maximum absolute atomic E-state index is 6.15. The van der Waals surface area contributed by atoms with Gasteiger partial charge in [-0.1, -0.05) is 33.9 Å². The van der Waals surface area contributed by atoms with Crippen molar-refractivity contribution in [2.24, 2.45) is 5.41 Å². The van der Waals surface area contributed by atoms with Crippen LogP contribution in [-0.2, 0) is 0 Å². The van der Waals surface area contributed by atoms with E-state index >= 15 is 0 Å². The average molecular weight is 191 g/mol. The van der Waals surface area contributed by atoms with Crippen molar-refractivity contribution in [3.8, 4) is 0 Å². The van der Waals surface area contributed by atoms with Crippen LogP contribution in [0.1, 0.15) is 20.8 Å². The van der Waals surface area contributed by atoms with Crippen molar-refractivity contribution in [2.45, 2.75) is 38.9 Å². The largest absolute Gasteiger partial charge is 0.316 e. The van der Waals surface area contributed by atoms with Gasteiger partial charge in [0.25, 0.3) is 0 Å². The maximum Gasteiger partial charge on any atom is 0.316 e. The Morgan fingerprint density at radius 2 is 1.50 bits per heavy atom. The molecule has 10 heavy (non-hydrogen) atoms. The Bertz CT molecular complexity index is 88.1. The highest BCUT2D eigenvalue weighted by Gasteiger charge is 2.25. The molecule has 0 aromatic rings. The molecule has 0 bridgehead atoms. The van der Waals surface area contributed by atoms with Crippen LogP contribution in [0.3, 0.4) is 0 Å². The molecular formula is C7H19ClMgSi. The highest BCUT2D eigenvalue weighted by Crippen LogP contribution is 2.26. The zero-order valence-electron chi connectivity index (χ0n) is 7.03. The predicted molar refractivity (Wildman–Crippen MR) is 56.5 cm³/mol. The van der Waals surface area contributed by atoms with Gasteiger partial charge in [0.05, 0.1) is 8.80 Å². The Morgan fingerprint density at radius 3 is 1.50 bits per heavy atom. The minimum absolute atomic E-state index is 0. The van der Waals surface area contributed by atoms with Crippen LogP contribution in [0.2, 0.25) is 13.1 Å². The summed E-state index contributed by atoms with van der Waals surface area (Å²) in [7, 11) is -0.624. The molecule has 0 rings (SSSR count). The fourth-order valence-electron chi connectivity index (χ4n) is 1.00. The molecule has 3 heteroatoms. The first-order valence-corrected chi connectivity index (χ1v) is 6.91. The summed E-state index contributed by atoms with van der Waals surface area (Å²) in [6.45, 7) is 11.2. The van der Waals surface area contributed by atoms with Gasteiger partial charge in [-0.25, -0.2) is 0 Å². The summed E-state index contributed by atoms with van der Waals surface area (Å²) in [5.74, 6) is 0. The lowest BCUT2D eigenvalue weighted by Crippen LogP contribution is -2.32. The van der Waals surface area contributed by atoms with Gasteiger partial charge >= 0.3 is 23.1 Å². The first kappa shape index (κ1) is 13.8. The van der Waals surface area contributed by atoms with Gasteiger partial charge < -0.3 is 0 Å². The van der Waals surface area contributed by atoms with E-state index in [1.54, 1.807) is 0 Å². The van der Waals surface area contributed by atoms with Crippen molar-refractivity contribution in [3.63, 3.8) is 0 Å². The van der Waals surface area contributed by atoms with E-state index < -0.39 is 8.80 Å². The van der Waals surface area contributed by atoms with Crippen LogP contribution in [0.4, 0.5) is 0 Å². The van der Waals surface area contributed by atoms with E-state index in [1.807, 2.05) is 0 Å². The summed E-state index contributed by atoms with van der Waals surface area (Å²) in [6.07, 6.45) is 0. The number of rotatable bonds is 1. The van der Waals surface area contributed by atoms with Crippen molar-refractivity contribution in [3.05, 3.63) is 0 Å². The van der Waals surface area contributed by atoms with Gasteiger partial charge in [0.1, 0.15) is 0 Å². The van der Waals surface area contributed by atoms with Gasteiger partial charge in [0, 0.05) is 5.00 Å². The summed E-state index contributed by atoms with van der Waals surface area (Å²) < 4.78 is 0. The molecule has 0 aliphatic rings. The van der Waals surface area contributed by atoms with E-state index in [-0.39, 0.29) is 23.1 Å². The first-order valence-electron chi connectivity index (χ1n) is 3.49. The molecule has 0 spiro atoms. The SMILES string of the molecule is C[SiH](C)C(Cl)C(C)(C)C.[MgH2]. The molecule has 0 heterocycles. The molecule has 0 saturated heterocycles. The molecular weight excluding hydrogens is 172 g/mol. The highest BCUT2D eigenvalue weighted by molar-refractivity contribution is 6.67. The van der Waals surface area contributed by atoms with Gasteiger partial charge in [-0.15, -0.1) is 11.6 Å². The third-order valence-corrected chi connectivity index (χ3v) is 5.75. The fourth-order valence-corrected chi connectivity index (χ4v) is 3.00. The third kappa shape index (κ3) is 4.99. The van der Waals surface area contributed by atoms with E-state index in [0.29, 0.717) is 10.4 Å². The summed E-state index contributed by atoms with van der Waals surface area (Å²) >= 11 is 6.15. The topological polar surface area (TPSA) is 0 Å². The summed E-state index contributed by atoms with van der Waals surface area (Å²) in [5, 5.41) is 0.428. The molecule has 1 atom stereocenters. The first-order chi connectivity index (χ1) is 3.85. The molecule has 0 aromatic heterocycles. The molecule has 0 N–H and O–H groups in total. The van der Waals surface area contributed by atoms with Gasteiger partial charge in [0.2, 0.25) is 0 Å². The van der Waals surface area contributed by atoms with Gasteiger partial charge in [0.15, 0.2) is 0 Å². The van der Waals surface area contributed by atoms with Crippen molar-refractivity contribution >= 4 is 43.5 Å². The number of halogens is 1. The molecule has 0 aliphatic heterocycles. The lowest BCUT2D eigenvalue weighted by atomic mass is 10.00. The number of hydrogen-bond donors (Lipinski definition) is 0. The smallest absolute Gasteiger partial charge is 0.126 e. The van der Waals surface area contributed by atoms with E-state index in [4.69, 9.17) is 11.6 Å². The van der Waals surface area contributed by atoms with Crippen LogP contribution in [0.25, 0.3) is 0 Å². The van der Waals surface area contributed by atoms with Crippen LogP contribution in [0, 0.1) is 5.41 Å². The van der Waals surface area contributed by atoms with Gasteiger partial charge in [-0.2, -0.15) is 0 Å². The molecule has 60 valence electrons. The lowest BCUT2D eigenvalue weighted by molar-refractivity contribution is 0.445. The van der Waals surface area contributed by atoms with Crippen LogP contribution in [-0.4, -0.2) is 36.8 Å². The molecule has 0 amide bonds. The molecule has 1 unspecified atom stereocenters. The molecule has 0 fully saturated rings. The van der Waals surface area contributed by atoms with Crippen LogP contribution in [0.15, 0.2) is 0 Å². The second-order valence-electron chi connectivity index (χ2n) is 4.01. The normalized spacial score (nSPS) is 14.7. The fraction of sp³-hybridized carbons (Fsp3) is 1.00. The minimum atomic E-state index is -0.624. The Morgan fingerprint density at radius 1 is 1.20 bits per heavy atom. The summed E-state index contributed by atoms with van der Waals surface area (Å²) in [6, 6.07) is 0. The highest BCUT2D eigenvalue weighted by atomic mass is 35.5. The number of alkyl halides is 1. The minimum Gasteiger partial charge on any atom is -0.126 e. The zero-order chi connectivity index (χ0) is 7.65. The molecule has 0 aliphatic carbocycles. The van der Waals surface area contributed by atoms with Crippen molar-refractivity contribution in [1.82, 2.24) is 0 Å². The van der Waals surface area contributed by atoms with Gasteiger partial charge in [-0.3, -0.25) is 0 Å². The summed E-state index contributed by atoms with van der Waals surface area (Å²) in [5.41, 5.74) is 0.307. The zero-order valence-corrected chi connectivity index (χ0v) is 8.94. The average Bonchev–Trinajstić information content (AvgIpc) is 1.62.